The summed E-state index contributed by atoms with van der Waals surface area (Å²) in [6.07, 6.45) is 0.678. The average Bonchev–Trinajstić information content (AvgIpc) is 2.61. The topological polar surface area (TPSA) is 84.2 Å². The van der Waals surface area contributed by atoms with Gasteiger partial charge in [-0.3, -0.25) is 9.59 Å². The number of carbonyl (C=O) groups is 2. The monoisotopic (exact) mass is 325 g/mol. The van der Waals surface area contributed by atoms with Gasteiger partial charge < -0.3 is 16.4 Å². The molecule has 2 rings (SSSR count). The molecule has 1 atom stereocenters. The molecule has 0 heterocycles. The number of amides is 2. The molecule has 0 radical (unpaired) electrons. The summed E-state index contributed by atoms with van der Waals surface area (Å²) in [5, 5.41) is 5.61. The molecular formula is C19H23N3O2. The predicted molar refractivity (Wildman–Crippen MR) is 95.9 cm³/mol. The van der Waals surface area contributed by atoms with E-state index in [-0.39, 0.29) is 17.7 Å². The molecule has 126 valence electrons. The van der Waals surface area contributed by atoms with Crippen LogP contribution < -0.4 is 16.4 Å². The third-order valence-electron chi connectivity index (χ3n) is 3.79. The first kappa shape index (κ1) is 17.7. The van der Waals surface area contributed by atoms with Crippen LogP contribution in [0.4, 0.5) is 5.69 Å². The number of hydrogen-bond donors (Lipinski definition) is 3. The maximum Gasteiger partial charge on any atom is 0.253 e. The first-order chi connectivity index (χ1) is 11.7. The largest absolute Gasteiger partial charge is 0.351 e. The second kappa shape index (κ2) is 8.84. The van der Waals surface area contributed by atoms with E-state index in [4.69, 9.17) is 5.73 Å². The van der Waals surface area contributed by atoms with E-state index in [9.17, 15) is 9.59 Å². The predicted octanol–water partition coefficient (Wildman–Crippen LogP) is 2.51. The number of nitrogens with two attached hydrogens (primary N) is 1. The van der Waals surface area contributed by atoms with Gasteiger partial charge in [-0.25, -0.2) is 0 Å². The molecule has 2 amide bonds. The standard InChI is InChI=1S/C19H23N3O2/c1-2-15(14-8-4-3-5-9-14)19(24)22-17-11-7-6-10-16(17)18(23)21-13-12-20/h3-11,15H,2,12-13,20H2,1H3,(H,21,23)(H,22,24). The molecule has 0 spiro atoms. The number of rotatable bonds is 7. The Bertz CT molecular complexity index is 686. The van der Waals surface area contributed by atoms with Gasteiger partial charge in [0, 0.05) is 13.1 Å². The summed E-state index contributed by atoms with van der Waals surface area (Å²) in [6.45, 7) is 2.73. The molecule has 24 heavy (non-hydrogen) atoms. The van der Waals surface area contributed by atoms with Gasteiger partial charge in [-0.1, -0.05) is 49.4 Å². The molecule has 0 aromatic heterocycles. The zero-order valence-electron chi connectivity index (χ0n) is 13.8. The van der Waals surface area contributed by atoms with Crippen LogP contribution in [0.3, 0.4) is 0 Å². The summed E-state index contributed by atoms with van der Waals surface area (Å²) in [6, 6.07) is 16.6. The van der Waals surface area contributed by atoms with E-state index in [0.717, 1.165) is 5.56 Å². The fraction of sp³-hybridized carbons (Fsp3) is 0.263. The van der Waals surface area contributed by atoms with E-state index < -0.39 is 0 Å². The van der Waals surface area contributed by atoms with Gasteiger partial charge in [0.05, 0.1) is 17.2 Å². The summed E-state index contributed by atoms with van der Waals surface area (Å²) < 4.78 is 0. The van der Waals surface area contributed by atoms with Crippen LogP contribution in [0.1, 0.15) is 35.2 Å². The molecule has 0 aliphatic heterocycles. The lowest BCUT2D eigenvalue weighted by Gasteiger charge is -2.17. The number of anilines is 1. The highest BCUT2D eigenvalue weighted by atomic mass is 16.2. The van der Waals surface area contributed by atoms with Crippen molar-refractivity contribution in [2.75, 3.05) is 18.4 Å². The number of benzene rings is 2. The highest BCUT2D eigenvalue weighted by Gasteiger charge is 2.20. The molecule has 0 fully saturated rings. The van der Waals surface area contributed by atoms with Gasteiger partial charge in [-0.15, -0.1) is 0 Å². The Morgan fingerprint density at radius 3 is 2.38 bits per heavy atom. The number of nitrogens with one attached hydrogen (secondary N) is 2. The third-order valence-corrected chi connectivity index (χ3v) is 3.79. The Kier molecular flexibility index (Phi) is 6.51. The van der Waals surface area contributed by atoms with Crippen molar-refractivity contribution in [2.24, 2.45) is 5.73 Å². The molecule has 5 heteroatoms. The molecular weight excluding hydrogens is 302 g/mol. The van der Waals surface area contributed by atoms with Gasteiger partial charge in [-0.05, 0) is 24.1 Å². The van der Waals surface area contributed by atoms with Crippen molar-refractivity contribution in [2.45, 2.75) is 19.3 Å². The van der Waals surface area contributed by atoms with Crippen molar-refractivity contribution in [1.82, 2.24) is 5.32 Å². The number of para-hydroxylation sites is 1. The maximum absolute atomic E-state index is 12.7. The van der Waals surface area contributed by atoms with Gasteiger partial charge >= 0.3 is 0 Å². The van der Waals surface area contributed by atoms with Gasteiger partial charge in [0.15, 0.2) is 0 Å². The van der Waals surface area contributed by atoms with Crippen LogP contribution in [0.15, 0.2) is 54.6 Å². The van der Waals surface area contributed by atoms with Crippen LogP contribution in [-0.2, 0) is 4.79 Å². The first-order valence-electron chi connectivity index (χ1n) is 8.10. The summed E-state index contributed by atoms with van der Waals surface area (Å²) in [7, 11) is 0. The van der Waals surface area contributed by atoms with Crippen LogP contribution in [0.5, 0.6) is 0 Å². The van der Waals surface area contributed by atoms with E-state index in [2.05, 4.69) is 10.6 Å². The highest BCUT2D eigenvalue weighted by Crippen LogP contribution is 2.23. The van der Waals surface area contributed by atoms with E-state index in [1.807, 2.05) is 37.3 Å². The molecule has 0 bridgehead atoms. The second-order valence-electron chi connectivity index (χ2n) is 5.45. The van der Waals surface area contributed by atoms with Crippen molar-refractivity contribution < 1.29 is 9.59 Å². The average molecular weight is 325 g/mol. The fourth-order valence-corrected chi connectivity index (χ4v) is 2.55. The molecule has 0 saturated carbocycles. The summed E-state index contributed by atoms with van der Waals surface area (Å²) >= 11 is 0. The van der Waals surface area contributed by atoms with Crippen molar-refractivity contribution in [1.29, 1.82) is 0 Å². The Morgan fingerprint density at radius 2 is 1.71 bits per heavy atom. The van der Waals surface area contributed by atoms with E-state index in [1.54, 1.807) is 24.3 Å². The van der Waals surface area contributed by atoms with Crippen molar-refractivity contribution >= 4 is 17.5 Å². The SMILES string of the molecule is CCC(C(=O)Nc1ccccc1C(=O)NCCN)c1ccccc1. The van der Waals surface area contributed by atoms with Crippen molar-refractivity contribution in [3.8, 4) is 0 Å². The molecule has 1 unspecified atom stereocenters. The summed E-state index contributed by atoms with van der Waals surface area (Å²) in [5.41, 5.74) is 7.31. The number of carbonyl (C=O) groups excluding carboxylic acids is 2. The third kappa shape index (κ3) is 4.43. The summed E-state index contributed by atoms with van der Waals surface area (Å²) in [5.74, 6) is -0.627. The van der Waals surface area contributed by atoms with E-state index in [1.165, 1.54) is 0 Å². The zero-order chi connectivity index (χ0) is 17.4. The van der Waals surface area contributed by atoms with Gasteiger partial charge in [0.1, 0.15) is 0 Å². The molecule has 0 aliphatic carbocycles. The lowest BCUT2D eigenvalue weighted by molar-refractivity contribution is -0.117. The smallest absolute Gasteiger partial charge is 0.253 e. The molecule has 2 aromatic carbocycles. The zero-order valence-corrected chi connectivity index (χ0v) is 13.8. The molecule has 0 aliphatic rings. The molecule has 2 aromatic rings. The minimum atomic E-state index is -0.258. The van der Waals surface area contributed by atoms with Gasteiger partial charge in [0.2, 0.25) is 5.91 Å². The Labute approximate surface area is 142 Å². The Hall–Kier alpha value is -2.66. The quantitative estimate of drug-likeness (QED) is 0.731. The normalized spacial score (nSPS) is 11.6. The van der Waals surface area contributed by atoms with Gasteiger partial charge in [0.25, 0.3) is 5.91 Å². The first-order valence-corrected chi connectivity index (χ1v) is 8.10. The Morgan fingerprint density at radius 1 is 1.04 bits per heavy atom. The fourth-order valence-electron chi connectivity index (χ4n) is 2.55. The lowest BCUT2D eigenvalue weighted by Crippen LogP contribution is -2.30. The van der Waals surface area contributed by atoms with Crippen molar-refractivity contribution in [3.05, 3.63) is 65.7 Å². The van der Waals surface area contributed by atoms with Crippen LogP contribution in [0.2, 0.25) is 0 Å². The van der Waals surface area contributed by atoms with Crippen LogP contribution >= 0.6 is 0 Å². The van der Waals surface area contributed by atoms with E-state index >= 15 is 0 Å². The molecule has 0 saturated heterocycles. The van der Waals surface area contributed by atoms with Crippen LogP contribution in [-0.4, -0.2) is 24.9 Å². The minimum absolute atomic E-state index is 0.122. The van der Waals surface area contributed by atoms with Gasteiger partial charge in [-0.2, -0.15) is 0 Å². The molecule has 4 N–H and O–H groups in total. The summed E-state index contributed by atoms with van der Waals surface area (Å²) in [4.78, 5) is 24.9. The van der Waals surface area contributed by atoms with E-state index in [0.29, 0.717) is 30.8 Å². The lowest BCUT2D eigenvalue weighted by atomic mass is 9.95. The highest BCUT2D eigenvalue weighted by molar-refractivity contribution is 6.05. The van der Waals surface area contributed by atoms with Crippen LogP contribution in [0.25, 0.3) is 0 Å². The Balaban J connectivity index is 2.18. The molecule has 5 nitrogen and oxygen atoms in total. The number of hydrogen-bond acceptors (Lipinski definition) is 3. The van der Waals surface area contributed by atoms with Crippen LogP contribution in [0, 0.1) is 0 Å². The minimum Gasteiger partial charge on any atom is -0.351 e. The maximum atomic E-state index is 12.7. The van der Waals surface area contributed by atoms with Crippen molar-refractivity contribution in [3.63, 3.8) is 0 Å². The second-order valence-corrected chi connectivity index (χ2v) is 5.45.